The number of halogens is 1. The van der Waals surface area contributed by atoms with E-state index in [4.69, 9.17) is 16.7 Å². The first-order valence-electron chi connectivity index (χ1n) is 2.16. The zero-order valence-electron chi connectivity index (χ0n) is 4.10. The number of rotatable bonds is 3. The van der Waals surface area contributed by atoms with Crippen molar-refractivity contribution in [2.24, 2.45) is 0 Å². The molecule has 42 valence electrons. The predicted molar refractivity (Wildman–Crippen MR) is 31.5 cm³/mol. The van der Waals surface area contributed by atoms with Gasteiger partial charge in [0.1, 0.15) is 0 Å². The van der Waals surface area contributed by atoms with Gasteiger partial charge in [-0.2, -0.15) is 0 Å². The Morgan fingerprint density at radius 1 is 1.86 bits per heavy atom. The summed E-state index contributed by atoms with van der Waals surface area (Å²) < 4.78 is 0. The third-order valence-electron chi connectivity index (χ3n) is 0.617. The Balaban J connectivity index is 2.98. The first kappa shape index (κ1) is 6.99. The van der Waals surface area contributed by atoms with Gasteiger partial charge in [-0.1, -0.05) is 6.08 Å². The summed E-state index contributed by atoms with van der Waals surface area (Å²) in [5.74, 6) is 0.298. The summed E-state index contributed by atoms with van der Waals surface area (Å²) in [6.07, 6.45) is 1.83. The van der Waals surface area contributed by atoms with Crippen LogP contribution in [0.25, 0.3) is 0 Å². The molecule has 0 heterocycles. The molecule has 0 unspecified atom stereocenters. The normalized spacial score (nSPS) is 13.4. The lowest BCUT2D eigenvalue weighted by Crippen LogP contribution is -2.04. The minimum Gasteiger partial charge on any atom is -0.392 e. The third kappa shape index (κ3) is 3.83. The summed E-state index contributed by atoms with van der Waals surface area (Å²) in [5, 5.41) is 8.65. The average molecular weight is 121 g/mol. The van der Waals surface area contributed by atoms with E-state index in [-0.39, 0.29) is 0 Å². The molecule has 2 heteroatoms. The van der Waals surface area contributed by atoms with Crippen molar-refractivity contribution in [3.8, 4) is 0 Å². The molecular weight excluding hydrogens is 112 g/mol. The predicted octanol–water partition coefficient (Wildman–Crippen LogP) is 1.16. The standard InChI is InChI=1S/C5H9ClO/c1-2-3-5(7)4-6/h2,5,7H,1,3-4H2/t5-/m0/s1. The molecule has 0 aromatic rings. The Morgan fingerprint density at radius 2 is 2.43 bits per heavy atom. The summed E-state index contributed by atoms with van der Waals surface area (Å²) in [6.45, 7) is 3.43. The van der Waals surface area contributed by atoms with Gasteiger partial charge in [0.05, 0.1) is 6.10 Å². The molecule has 0 aliphatic heterocycles. The first-order chi connectivity index (χ1) is 3.31. The van der Waals surface area contributed by atoms with E-state index in [1.807, 2.05) is 0 Å². The van der Waals surface area contributed by atoms with Crippen LogP contribution < -0.4 is 0 Å². The molecule has 0 saturated carbocycles. The molecule has 7 heavy (non-hydrogen) atoms. The second-order valence-electron chi connectivity index (χ2n) is 1.33. The van der Waals surface area contributed by atoms with Gasteiger partial charge in [-0.3, -0.25) is 0 Å². The lowest BCUT2D eigenvalue weighted by atomic mass is 10.3. The number of alkyl halides is 1. The molecule has 0 aliphatic carbocycles. The highest BCUT2D eigenvalue weighted by atomic mass is 35.5. The number of hydrogen-bond donors (Lipinski definition) is 1. The Kier molecular flexibility index (Phi) is 4.15. The topological polar surface area (TPSA) is 20.2 Å². The lowest BCUT2D eigenvalue weighted by molar-refractivity contribution is 0.202. The Bertz CT molecular complexity index is 54.0. The first-order valence-corrected chi connectivity index (χ1v) is 2.69. The summed E-state index contributed by atoms with van der Waals surface area (Å²) in [6, 6.07) is 0. The van der Waals surface area contributed by atoms with Crippen LogP contribution in [0.2, 0.25) is 0 Å². The van der Waals surface area contributed by atoms with E-state index >= 15 is 0 Å². The molecule has 1 atom stereocenters. The van der Waals surface area contributed by atoms with Crippen LogP contribution in [0.1, 0.15) is 6.42 Å². The minimum absolute atomic E-state index is 0.298. The SMILES string of the molecule is C=CC[C@H](O)CCl. The third-order valence-corrected chi connectivity index (χ3v) is 0.973. The molecule has 0 bridgehead atoms. The van der Waals surface area contributed by atoms with Gasteiger partial charge in [0.15, 0.2) is 0 Å². The largest absolute Gasteiger partial charge is 0.392 e. The highest BCUT2D eigenvalue weighted by molar-refractivity contribution is 6.18. The van der Waals surface area contributed by atoms with Gasteiger partial charge >= 0.3 is 0 Å². The number of hydrogen-bond acceptors (Lipinski definition) is 1. The van der Waals surface area contributed by atoms with Crippen molar-refractivity contribution in [3.63, 3.8) is 0 Å². The Labute approximate surface area is 48.6 Å². The van der Waals surface area contributed by atoms with Crippen LogP contribution in [0.15, 0.2) is 12.7 Å². The highest BCUT2D eigenvalue weighted by Gasteiger charge is 1.94. The van der Waals surface area contributed by atoms with Gasteiger partial charge in [-0.05, 0) is 6.42 Å². The zero-order chi connectivity index (χ0) is 5.70. The summed E-state index contributed by atoms with van der Waals surface area (Å²) in [4.78, 5) is 0. The molecule has 0 rings (SSSR count). The van der Waals surface area contributed by atoms with Crippen molar-refractivity contribution in [2.45, 2.75) is 12.5 Å². The van der Waals surface area contributed by atoms with Gasteiger partial charge in [-0.25, -0.2) is 0 Å². The average Bonchev–Trinajstić information content (AvgIpc) is 1.68. The molecule has 1 N–H and O–H groups in total. The molecular formula is C5H9ClO. The van der Waals surface area contributed by atoms with E-state index in [0.717, 1.165) is 0 Å². The van der Waals surface area contributed by atoms with Crippen LogP contribution in [-0.4, -0.2) is 17.1 Å². The van der Waals surface area contributed by atoms with Gasteiger partial charge in [0, 0.05) is 5.88 Å². The number of aliphatic hydroxyl groups is 1. The van der Waals surface area contributed by atoms with Crippen LogP contribution >= 0.6 is 11.6 Å². The van der Waals surface area contributed by atoms with E-state index in [1.54, 1.807) is 6.08 Å². The van der Waals surface area contributed by atoms with Crippen molar-refractivity contribution in [1.82, 2.24) is 0 Å². The minimum atomic E-state index is -0.404. The van der Waals surface area contributed by atoms with Gasteiger partial charge in [0.25, 0.3) is 0 Å². The van der Waals surface area contributed by atoms with Gasteiger partial charge in [-0.15, -0.1) is 18.2 Å². The monoisotopic (exact) mass is 120 g/mol. The molecule has 0 aromatic heterocycles. The fourth-order valence-electron chi connectivity index (χ4n) is 0.255. The lowest BCUT2D eigenvalue weighted by Gasteiger charge is -1.97. The van der Waals surface area contributed by atoms with E-state index in [9.17, 15) is 0 Å². The highest BCUT2D eigenvalue weighted by Crippen LogP contribution is 1.92. The molecule has 0 aromatic carbocycles. The maximum absolute atomic E-state index is 8.65. The molecule has 0 radical (unpaired) electrons. The smallest absolute Gasteiger partial charge is 0.0709 e. The fraction of sp³-hybridized carbons (Fsp3) is 0.600. The van der Waals surface area contributed by atoms with Crippen LogP contribution in [0.5, 0.6) is 0 Å². The molecule has 0 fully saturated rings. The van der Waals surface area contributed by atoms with Crippen molar-refractivity contribution in [3.05, 3.63) is 12.7 Å². The van der Waals surface area contributed by atoms with E-state index in [2.05, 4.69) is 6.58 Å². The molecule has 0 aliphatic rings. The molecule has 0 spiro atoms. The Morgan fingerprint density at radius 3 is 2.57 bits per heavy atom. The summed E-state index contributed by atoms with van der Waals surface area (Å²) in [5.41, 5.74) is 0. The van der Waals surface area contributed by atoms with E-state index in [1.165, 1.54) is 0 Å². The summed E-state index contributed by atoms with van der Waals surface area (Å²) in [7, 11) is 0. The van der Waals surface area contributed by atoms with E-state index in [0.29, 0.717) is 12.3 Å². The van der Waals surface area contributed by atoms with Crippen LogP contribution in [-0.2, 0) is 0 Å². The maximum atomic E-state index is 8.65. The Hall–Kier alpha value is -0.0100. The van der Waals surface area contributed by atoms with Crippen molar-refractivity contribution in [1.29, 1.82) is 0 Å². The molecule has 0 saturated heterocycles. The van der Waals surface area contributed by atoms with Crippen molar-refractivity contribution < 1.29 is 5.11 Å². The number of aliphatic hydroxyl groups excluding tert-OH is 1. The fourth-order valence-corrected chi connectivity index (χ4v) is 0.381. The zero-order valence-corrected chi connectivity index (χ0v) is 4.86. The molecule has 0 amide bonds. The molecule has 1 nitrogen and oxygen atoms in total. The van der Waals surface area contributed by atoms with Gasteiger partial charge < -0.3 is 5.11 Å². The second-order valence-corrected chi connectivity index (χ2v) is 1.64. The van der Waals surface area contributed by atoms with Gasteiger partial charge in [0.2, 0.25) is 0 Å². The van der Waals surface area contributed by atoms with Crippen LogP contribution in [0.3, 0.4) is 0 Å². The van der Waals surface area contributed by atoms with Crippen molar-refractivity contribution in [2.75, 3.05) is 5.88 Å². The van der Waals surface area contributed by atoms with E-state index < -0.39 is 6.10 Å². The quantitative estimate of drug-likeness (QED) is 0.438. The summed E-state index contributed by atoms with van der Waals surface area (Å²) >= 11 is 5.23. The van der Waals surface area contributed by atoms with Crippen LogP contribution in [0, 0.1) is 0 Å². The second kappa shape index (κ2) is 4.16. The maximum Gasteiger partial charge on any atom is 0.0709 e. The van der Waals surface area contributed by atoms with Crippen LogP contribution in [0.4, 0.5) is 0 Å². The van der Waals surface area contributed by atoms with Crippen molar-refractivity contribution >= 4 is 11.6 Å².